The van der Waals surface area contributed by atoms with E-state index in [4.69, 9.17) is 0 Å². The number of nitrogens with zero attached hydrogens (tertiary/aromatic N) is 2. The van der Waals surface area contributed by atoms with Crippen LogP contribution in [0.15, 0.2) is 121 Å². The molecular formula is C46H53N2O3S+. The summed E-state index contributed by atoms with van der Waals surface area (Å²) < 4.78 is 23.1. The molecule has 1 atom stereocenters. The van der Waals surface area contributed by atoms with Crippen molar-refractivity contribution < 1.29 is 18.1 Å². The summed E-state index contributed by atoms with van der Waals surface area (Å²) in [6.07, 6.45) is 20.3. The van der Waals surface area contributed by atoms with E-state index in [9.17, 15) is 13.6 Å². The first kappa shape index (κ1) is 37.4. The lowest BCUT2D eigenvalue weighted by Gasteiger charge is -2.27. The van der Waals surface area contributed by atoms with Gasteiger partial charge in [-0.3, -0.25) is 0 Å². The number of anilines is 1. The Hall–Kier alpha value is -4.39. The molecule has 0 aliphatic carbocycles. The molecule has 0 saturated carbocycles. The lowest BCUT2D eigenvalue weighted by molar-refractivity contribution is -0.438. The second-order valence-electron chi connectivity index (χ2n) is 15.2. The van der Waals surface area contributed by atoms with Crippen molar-refractivity contribution in [2.24, 2.45) is 0 Å². The Kier molecular flexibility index (Phi) is 11.6. The molecule has 1 unspecified atom stereocenters. The number of benzene rings is 4. The first-order valence-electron chi connectivity index (χ1n) is 18.8. The van der Waals surface area contributed by atoms with Crippen molar-refractivity contribution in [2.45, 2.75) is 84.0 Å². The van der Waals surface area contributed by atoms with Crippen LogP contribution in [-0.2, 0) is 26.7 Å². The number of rotatable bonds is 15. The molecule has 0 spiro atoms. The van der Waals surface area contributed by atoms with E-state index in [2.05, 4.69) is 152 Å². The van der Waals surface area contributed by atoms with Crippen molar-refractivity contribution in [1.82, 2.24) is 0 Å². The van der Waals surface area contributed by atoms with E-state index in [1.54, 1.807) is 6.92 Å². The summed E-state index contributed by atoms with van der Waals surface area (Å²) in [5.41, 5.74) is 7.38. The summed E-state index contributed by atoms with van der Waals surface area (Å²) in [5, 5.41) is 5.09. The van der Waals surface area contributed by atoms with Crippen LogP contribution in [0.2, 0.25) is 0 Å². The van der Waals surface area contributed by atoms with E-state index in [1.807, 2.05) is 0 Å². The highest BCUT2D eigenvalue weighted by molar-refractivity contribution is 7.79. The van der Waals surface area contributed by atoms with E-state index in [0.29, 0.717) is 18.6 Å². The molecule has 5 nitrogen and oxygen atoms in total. The molecule has 52 heavy (non-hydrogen) atoms. The minimum Gasteiger partial charge on any atom is -0.344 e. The summed E-state index contributed by atoms with van der Waals surface area (Å²) >= 11 is -1.77. The van der Waals surface area contributed by atoms with E-state index in [1.165, 1.54) is 55.5 Å². The molecule has 0 aromatic heterocycles. The van der Waals surface area contributed by atoms with Crippen LogP contribution in [0.3, 0.4) is 0 Å². The molecule has 6 heteroatoms. The predicted octanol–water partition coefficient (Wildman–Crippen LogP) is 10.9. The average molecular weight is 714 g/mol. The van der Waals surface area contributed by atoms with E-state index in [-0.39, 0.29) is 16.6 Å². The first-order valence-corrected chi connectivity index (χ1v) is 20.1. The van der Waals surface area contributed by atoms with Gasteiger partial charge < -0.3 is 14.2 Å². The second-order valence-corrected chi connectivity index (χ2v) is 16.3. The van der Waals surface area contributed by atoms with Gasteiger partial charge in [-0.05, 0) is 91.8 Å². The molecule has 0 fully saturated rings. The Morgan fingerprint density at radius 1 is 0.750 bits per heavy atom. The van der Waals surface area contributed by atoms with Crippen LogP contribution < -0.4 is 4.90 Å². The monoisotopic (exact) mass is 713 g/mol. The maximum absolute atomic E-state index is 11.5. The highest BCUT2D eigenvalue weighted by Gasteiger charge is 2.45. The van der Waals surface area contributed by atoms with Gasteiger partial charge in [0, 0.05) is 59.6 Å². The van der Waals surface area contributed by atoms with Gasteiger partial charge in [0.1, 0.15) is 12.3 Å². The SMILES string of the molecule is CC(=O)CCCCC[N+]1=C(C=CC=CC=CC=C2N(CCCCS(=O)O)c3ccc4ccccc4c3C2(C)C)C(C)(C)c2c1ccc1ccccc21. The highest BCUT2D eigenvalue weighted by atomic mass is 32.2. The average Bonchev–Trinajstić information content (AvgIpc) is 3.47. The third kappa shape index (κ3) is 7.69. The molecule has 0 saturated heterocycles. The maximum atomic E-state index is 11.5. The Bertz CT molecular complexity index is 2150. The van der Waals surface area contributed by atoms with Gasteiger partial charge in [-0.15, -0.1) is 0 Å². The van der Waals surface area contributed by atoms with Gasteiger partial charge in [0.15, 0.2) is 16.8 Å². The predicted molar refractivity (Wildman–Crippen MR) is 221 cm³/mol. The van der Waals surface area contributed by atoms with E-state index in [0.717, 1.165) is 38.8 Å². The molecule has 0 radical (unpaired) electrons. The Morgan fingerprint density at radius 2 is 1.40 bits per heavy atom. The smallest absolute Gasteiger partial charge is 0.210 e. The molecule has 2 aliphatic heterocycles. The van der Waals surface area contributed by atoms with Gasteiger partial charge in [0.25, 0.3) is 0 Å². The molecule has 2 heterocycles. The lowest BCUT2D eigenvalue weighted by Crippen LogP contribution is -2.28. The fraction of sp³-hybridized carbons (Fsp3) is 0.348. The number of carbonyl (C=O) groups excluding carboxylic acids is 1. The molecular weight excluding hydrogens is 661 g/mol. The van der Waals surface area contributed by atoms with Crippen molar-refractivity contribution in [1.29, 1.82) is 0 Å². The molecule has 0 amide bonds. The molecule has 270 valence electrons. The van der Waals surface area contributed by atoms with Crippen molar-refractivity contribution in [3.63, 3.8) is 0 Å². The van der Waals surface area contributed by atoms with E-state index < -0.39 is 11.1 Å². The van der Waals surface area contributed by atoms with Gasteiger partial charge >= 0.3 is 0 Å². The van der Waals surface area contributed by atoms with Gasteiger partial charge in [-0.25, -0.2) is 4.21 Å². The molecule has 2 aliphatic rings. The van der Waals surface area contributed by atoms with Gasteiger partial charge in [-0.1, -0.05) is 98.8 Å². The summed E-state index contributed by atoms with van der Waals surface area (Å²) in [7, 11) is 0. The Labute approximate surface area is 312 Å². The summed E-state index contributed by atoms with van der Waals surface area (Å²) in [5.74, 6) is 0.569. The number of carbonyl (C=O) groups is 1. The second kappa shape index (κ2) is 16.1. The standard InChI is InChI=1S/C46H52N2O3S/c1-34(49)20-10-9-17-31-47-39-29-27-35-21-13-15-23-37(35)43(39)45(2,3)41(47)25-11-7-6-8-12-26-42-46(4,5)44-38-24-16-14-22-36(38)28-30-40(44)48(42)32-18-19-33-52(50)51/h6-8,11-16,21-30H,9-10,17-20,31-33H2,1-5H3/p+1. The van der Waals surface area contributed by atoms with Gasteiger partial charge in [-0.2, -0.15) is 4.58 Å². The van der Waals surface area contributed by atoms with Crippen molar-refractivity contribution in [3.8, 4) is 0 Å². The number of fused-ring (bicyclic) bond motifs is 6. The Balaban J connectivity index is 1.24. The molecule has 6 rings (SSSR count). The van der Waals surface area contributed by atoms with Crippen LogP contribution >= 0.6 is 0 Å². The number of unbranched alkanes of at least 4 members (excludes halogenated alkanes) is 3. The minimum absolute atomic E-state index is 0.164. The van der Waals surface area contributed by atoms with Crippen LogP contribution in [0.4, 0.5) is 11.4 Å². The number of hydrogen-bond donors (Lipinski definition) is 1. The third-order valence-electron chi connectivity index (χ3n) is 10.8. The summed E-state index contributed by atoms with van der Waals surface area (Å²) in [6.45, 7) is 12.7. The zero-order valence-electron chi connectivity index (χ0n) is 31.4. The van der Waals surface area contributed by atoms with Crippen LogP contribution in [0.1, 0.15) is 84.3 Å². The lowest BCUT2D eigenvalue weighted by atomic mass is 9.79. The summed E-state index contributed by atoms with van der Waals surface area (Å²) in [4.78, 5) is 13.9. The molecule has 4 aromatic carbocycles. The fourth-order valence-electron chi connectivity index (χ4n) is 8.35. The van der Waals surface area contributed by atoms with Crippen molar-refractivity contribution >= 4 is 55.5 Å². The van der Waals surface area contributed by atoms with Crippen LogP contribution in [0.25, 0.3) is 21.5 Å². The number of Topliss-reactive ketones (excluding diaryl/α,β-unsaturated/α-hetero) is 1. The molecule has 4 aromatic rings. The largest absolute Gasteiger partial charge is 0.344 e. The van der Waals surface area contributed by atoms with Crippen LogP contribution in [0, 0.1) is 0 Å². The molecule has 1 N–H and O–H groups in total. The highest BCUT2D eigenvalue weighted by Crippen LogP contribution is 2.51. The normalized spacial score (nSPS) is 17.8. The first-order chi connectivity index (χ1) is 25.0. The topological polar surface area (TPSA) is 60.6 Å². The van der Waals surface area contributed by atoms with Crippen molar-refractivity contribution in [3.05, 3.63) is 132 Å². The van der Waals surface area contributed by atoms with Crippen molar-refractivity contribution in [2.75, 3.05) is 23.7 Å². The number of hydrogen-bond acceptors (Lipinski definition) is 3. The minimum atomic E-state index is -1.77. The Morgan fingerprint density at radius 3 is 2.12 bits per heavy atom. The molecule has 0 bridgehead atoms. The van der Waals surface area contributed by atoms with Crippen LogP contribution in [-0.4, -0.2) is 43.7 Å². The number of allylic oxidation sites excluding steroid dienone is 8. The van der Waals surface area contributed by atoms with Gasteiger partial charge in [0.2, 0.25) is 5.69 Å². The fourth-order valence-corrected chi connectivity index (χ4v) is 8.81. The van der Waals surface area contributed by atoms with Gasteiger partial charge in [0.05, 0.1) is 5.41 Å². The zero-order valence-corrected chi connectivity index (χ0v) is 32.2. The van der Waals surface area contributed by atoms with Crippen LogP contribution in [0.5, 0.6) is 0 Å². The van der Waals surface area contributed by atoms with E-state index >= 15 is 0 Å². The maximum Gasteiger partial charge on any atom is 0.210 e. The summed E-state index contributed by atoms with van der Waals surface area (Å²) in [6, 6.07) is 26.2. The third-order valence-corrected chi connectivity index (χ3v) is 11.5. The number of ketones is 1. The quantitative estimate of drug-likeness (QED) is 0.0577. The zero-order chi connectivity index (χ0) is 36.9.